The molecule has 9 heteroatoms. The van der Waals surface area contributed by atoms with Crippen LogP contribution in [0.25, 0.3) is 17.0 Å². The summed E-state index contributed by atoms with van der Waals surface area (Å²) in [4.78, 5) is 13.1. The lowest BCUT2D eigenvalue weighted by molar-refractivity contribution is -0.0333. The average Bonchev–Trinajstić information content (AvgIpc) is 3.10. The molecule has 1 saturated heterocycles. The number of hydrogen-bond donors (Lipinski definition) is 2. The summed E-state index contributed by atoms with van der Waals surface area (Å²) in [5.74, 6) is 1.50. The van der Waals surface area contributed by atoms with Crippen LogP contribution >= 0.6 is 0 Å². The second kappa shape index (κ2) is 6.60. The zero-order valence-electron chi connectivity index (χ0n) is 16.9. The molecule has 0 unspecified atom stereocenters. The number of aromatic nitrogens is 5. The van der Waals surface area contributed by atoms with Crippen molar-refractivity contribution in [3.63, 3.8) is 0 Å². The van der Waals surface area contributed by atoms with Crippen molar-refractivity contribution in [3.05, 3.63) is 30.0 Å². The minimum atomic E-state index is -0.492. The van der Waals surface area contributed by atoms with E-state index in [1.54, 1.807) is 17.8 Å². The Morgan fingerprint density at radius 3 is 2.83 bits per heavy atom. The maximum absolute atomic E-state index is 14.7. The van der Waals surface area contributed by atoms with Crippen LogP contribution in [0.5, 0.6) is 5.75 Å². The highest BCUT2D eigenvalue weighted by Crippen LogP contribution is 2.66. The summed E-state index contributed by atoms with van der Waals surface area (Å²) in [6, 6.07) is 2.12. The van der Waals surface area contributed by atoms with Crippen LogP contribution in [-0.4, -0.2) is 50.8 Å². The van der Waals surface area contributed by atoms with E-state index >= 15 is 0 Å². The Balaban J connectivity index is 1.40. The van der Waals surface area contributed by atoms with Crippen LogP contribution in [0.3, 0.4) is 0 Å². The third-order valence-electron chi connectivity index (χ3n) is 6.84. The van der Waals surface area contributed by atoms with Crippen LogP contribution in [0.2, 0.25) is 0 Å². The Hall–Kier alpha value is -2.81. The third kappa shape index (κ3) is 2.68. The van der Waals surface area contributed by atoms with Crippen LogP contribution in [0, 0.1) is 11.7 Å². The maximum atomic E-state index is 14.7. The van der Waals surface area contributed by atoms with E-state index in [4.69, 9.17) is 9.84 Å². The van der Waals surface area contributed by atoms with Crippen molar-refractivity contribution in [1.82, 2.24) is 29.9 Å². The molecule has 0 radical (unpaired) electrons. The highest BCUT2D eigenvalue weighted by atomic mass is 19.1. The number of piperidine rings is 1. The van der Waals surface area contributed by atoms with Gasteiger partial charge < -0.3 is 15.4 Å². The topological polar surface area (TPSA) is 89.3 Å². The Kier molecular flexibility index (Phi) is 3.96. The first kappa shape index (κ1) is 18.0. The molecule has 4 fully saturated rings. The lowest BCUT2D eigenvalue weighted by Gasteiger charge is -2.61. The summed E-state index contributed by atoms with van der Waals surface area (Å²) in [5.41, 5.74) is 2.38. The van der Waals surface area contributed by atoms with Crippen LogP contribution in [-0.2, 0) is 5.41 Å². The summed E-state index contributed by atoms with van der Waals surface area (Å²) < 4.78 is 22.0. The summed E-state index contributed by atoms with van der Waals surface area (Å²) in [6.07, 6.45) is 8.41. The number of rotatable bonds is 5. The minimum Gasteiger partial charge on any atom is -0.495 e. The van der Waals surface area contributed by atoms with E-state index in [1.807, 2.05) is 6.07 Å². The number of fused-ring (bicyclic) bond motifs is 1. The predicted octanol–water partition coefficient (Wildman–Crippen LogP) is 2.55. The standard InChI is InChI=1S/C21H24FN7O/c1-30-16-5-17-24-11-15(29(17)28-19(16)21-6-12(7-21)8-21)18-14(22)10-25-20(27-18)26-13-3-2-4-23-9-13/h5,10-13,23H,2-4,6-9H2,1H3,(H,25,26,27)/t12?,13-,21?/m1/s1. The number of imidazole rings is 1. The first-order valence-corrected chi connectivity index (χ1v) is 10.6. The van der Waals surface area contributed by atoms with E-state index in [0.29, 0.717) is 17.3 Å². The Labute approximate surface area is 173 Å². The molecule has 3 saturated carbocycles. The van der Waals surface area contributed by atoms with Crippen molar-refractivity contribution in [1.29, 1.82) is 0 Å². The lowest BCUT2D eigenvalue weighted by atomic mass is 9.43. The predicted molar refractivity (Wildman–Crippen MR) is 109 cm³/mol. The molecule has 1 aliphatic heterocycles. The van der Waals surface area contributed by atoms with Crippen LogP contribution in [0.15, 0.2) is 18.5 Å². The van der Waals surface area contributed by atoms with E-state index in [9.17, 15) is 4.39 Å². The number of hydrogen-bond acceptors (Lipinski definition) is 7. The van der Waals surface area contributed by atoms with Crippen LogP contribution in [0.1, 0.15) is 37.8 Å². The van der Waals surface area contributed by atoms with E-state index in [2.05, 4.69) is 25.6 Å². The monoisotopic (exact) mass is 409 g/mol. The summed E-state index contributed by atoms with van der Waals surface area (Å²) in [6.45, 7) is 1.87. The summed E-state index contributed by atoms with van der Waals surface area (Å²) in [7, 11) is 1.66. The molecule has 4 heterocycles. The molecular weight excluding hydrogens is 385 g/mol. The second-order valence-electron chi connectivity index (χ2n) is 8.81. The molecule has 0 aromatic carbocycles. The van der Waals surface area contributed by atoms with E-state index in [0.717, 1.165) is 62.6 Å². The molecule has 7 rings (SSSR count). The number of nitrogens with zero attached hydrogens (tertiary/aromatic N) is 5. The number of ether oxygens (including phenoxy) is 1. The highest BCUT2D eigenvalue weighted by molar-refractivity contribution is 5.62. The molecule has 30 heavy (non-hydrogen) atoms. The molecule has 8 nitrogen and oxygen atoms in total. The van der Waals surface area contributed by atoms with Gasteiger partial charge in [-0.1, -0.05) is 0 Å². The summed E-state index contributed by atoms with van der Waals surface area (Å²) in [5, 5.41) is 11.5. The van der Waals surface area contributed by atoms with E-state index < -0.39 is 5.82 Å². The fourth-order valence-corrected chi connectivity index (χ4v) is 5.13. The van der Waals surface area contributed by atoms with Gasteiger partial charge in [0.25, 0.3) is 0 Å². The molecule has 2 bridgehead atoms. The highest BCUT2D eigenvalue weighted by Gasteiger charge is 2.59. The molecule has 3 aromatic heterocycles. The Morgan fingerprint density at radius 1 is 1.27 bits per heavy atom. The SMILES string of the molecule is COc1cc2ncc(-c3nc(N[C@@H]4CCCNC4)ncc3F)n2nc1C12CC(C1)C2. The molecule has 0 amide bonds. The number of nitrogens with one attached hydrogen (secondary N) is 2. The first-order valence-electron chi connectivity index (χ1n) is 10.6. The maximum Gasteiger partial charge on any atom is 0.223 e. The lowest BCUT2D eigenvalue weighted by Crippen LogP contribution is -2.56. The molecule has 1 atom stereocenters. The van der Waals surface area contributed by atoms with Crippen LogP contribution < -0.4 is 15.4 Å². The van der Waals surface area contributed by atoms with Gasteiger partial charge in [-0.2, -0.15) is 5.10 Å². The van der Waals surface area contributed by atoms with E-state index in [1.165, 1.54) is 6.20 Å². The number of methoxy groups -OCH3 is 1. The van der Waals surface area contributed by atoms with Crippen molar-refractivity contribution in [3.8, 4) is 17.1 Å². The van der Waals surface area contributed by atoms with E-state index in [-0.39, 0.29) is 17.2 Å². The van der Waals surface area contributed by atoms with Gasteiger partial charge in [-0.05, 0) is 44.6 Å². The van der Waals surface area contributed by atoms with Gasteiger partial charge in [-0.25, -0.2) is 23.9 Å². The van der Waals surface area contributed by atoms with Crippen molar-refractivity contribution in [2.45, 2.75) is 43.6 Å². The van der Waals surface area contributed by atoms with Gasteiger partial charge in [-0.15, -0.1) is 0 Å². The number of halogens is 1. The van der Waals surface area contributed by atoms with Crippen molar-refractivity contribution < 1.29 is 9.13 Å². The van der Waals surface area contributed by atoms with Gasteiger partial charge in [0.1, 0.15) is 22.8 Å². The largest absolute Gasteiger partial charge is 0.495 e. The molecule has 156 valence electrons. The third-order valence-corrected chi connectivity index (χ3v) is 6.84. The molecular formula is C21H24FN7O. The molecule has 4 aliphatic rings. The zero-order chi connectivity index (χ0) is 20.3. The smallest absolute Gasteiger partial charge is 0.223 e. The van der Waals surface area contributed by atoms with Gasteiger partial charge in [0.05, 0.1) is 19.5 Å². The average molecular weight is 409 g/mol. The first-order chi connectivity index (χ1) is 14.6. The molecule has 2 N–H and O–H groups in total. The molecule has 3 aromatic rings. The normalized spacial score (nSPS) is 27.4. The van der Waals surface area contributed by atoms with Gasteiger partial charge in [-0.3, -0.25) is 0 Å². The Morgan fingerprint density at radius 2 is 2.13 bits per heavy atom. The van der Waals surface area contributed by atoms with Crippen LogP contribution in [0.4, 0.5) is 10.3 Å². The minimum absolute atomic E-state index is 0.108. The molecule has 3 aliphatic carbocycles. The Bertz CT molecular complexity index is 1110. The quantitative estimate of drug-likeness (QED) is 0.669. The summed E-state index contributed by atoms with van der Waals surface area (Å²) >= 11 is 0. The fourth-order valence-electron chi connectivity index (χ4n) is 5.13. The van der Waals surface area contributed by atoms with Gasteiger partial charge in [0.15, 0.2) is 11.5 Å². The van der Waals surface area contributed by atoms with Gasteiger partial charge >= 0.3 is 0 Å². The zero-order valence-corrected chi connectivity index (χ0v) is 16.9. The van der Waals surface area contributed by atoms with Crippen molar-refractivity contribution in [2.24, 2.45) is 5.92 Å². The van der Waals surface area contributed by atoms with Gasteiger partial charge in [0.2, 0.25) is 5.95 Å². The van der Waals surface area contributed by atoms with Gasteiger partial charge in [0, 0.05) is 24.1 Å². The molecule has 0 spiro atoms. The van der Waals surface area contributed by atoms with Crippen molar-refractivity contribution >= 4 is 11.6 Å². The number of anilines is 1. The fraction of sp³-hybridized carbons (Fsp3) is 0.524. The second-order valence-corrected chi connectivity index (χ2v) is 8.81. The van der Waals surface area contributed by atoms with Crippen molar-refractivity contribution in [2.75, 3.05) is 25.5 Å².